The Morgan fingerprint density at radius 2 is 2.62 bits per heavy atom. The van der Waals surface area contributed by atoms with Gasteiger partial charge in [-0.15, -0.1) is 10.2 Å². The zero-order valence-corrected chi connectivity index (χ0v) is 8.04. The Morgan fingerprint density at radius 3 is 3.31 bits per heavy atom. The molecule has 2 heterocycles. The Labute approximate surface area is 80.6 Å². The first kappa shape index (κ1) is 8.62. The molecule has 0 saturated carbocycles. The topological polar surface area (TPSA) is 46.1 Å². The van der Waals surface area contributed by atoms with E-state index in [1.807, 2.05) is 0 Å². The first-order valence-corrected chi connectivity index (χ1v) is 5.24. The third-order valence-corrected chi connectivity index (χ3v) is 3.02. The second-order valence-electron chi connectivity index (χ2n) is 3.21. The van der Waals surface area contributed by atoms with Crippen LogP contribution in [0.25, 0.3) is 0 Å². The summed E-state index contributed by atoms with van der Waals surface area (Å²) in [6.45, 7) is 1.80. The van der Waals surface area contributed by atoms with Crippen molar-refractivity contribution in [3.63, 3.8) is 0 Å². The number of aldehydes is 1. The molecule has 0 spiro atoms. The quantitative estimate of drug-likeness (QED) is 0.662. The van der Waals surface area contributed by atoms with Crippen LogP contribution in [0.3, 0.4) is 0 Å². The number of nitrogens with zero attached hydrogens (tertiary/aromatic N) is 3. The predicted molar refractivity (Wildman–Crippen MR) is 50.9 cm³/mol. The average molecular weight is 197 g/mol. The summed E-state index contributed by atoms with van der Waals surface area (Å²) in [6.07, 6.45) is 3.13. The number of hydrogen-bond acceptors (Lipinski definition) is 5. The molecule has 0 aliphatic carbocycles. The van der Waals surface area contributed by atoms with E-state index in [2.05, 4.69) is 15.1 Å². The van der Waals surface area contributed by atoms with Crippen LogP contribution in [0.4, 0.5) is 5.13 Å². The molecule has 70 valence electrons. The zero-order valence-electron chi connectivity index (χ0n) is 7.22. The third-order valence-electron chi connectivity index (χ3n) is 2.27. The summed E-state index contributed by atoms with van der Waals surface area (Å²) in [7, 11) is 0. The average Bonchev–Trinajstić information content (AvgIpc) is 2.71. The van der Waals surface area contributed by atoms with Crippen LogP contribution < -0.4 is 4.90 Å². The van der Waals surface area contributed by atoms with Gasteiger partial charge in [0.15, 0.2) is 0 Å². The van der Waals surface area contributed by atoms with E-state index < -0.39 is 0 Å². The van der Waals surface area contributed by atoms with Gasteiger partial charge in [-0.3, -0.25) is 0 Å². The van der Waals surface area contributed by atoms with Crippen molar-refractivity contribution in [2.45, 2.75) is 12.8 Å². The van der Waals surface area contributed by atoms with E-state index in [9.17, 15) is 4.79 Å². The largest absolute Gasteiger partial charge is 0.346 e. The van der Waals surface area contributed by atoms with Gasteiger partial charge in [0.25, 0.3) is 0 Å². The standard InChI is InChI=1S/C8H11N3OS/c12-5-7-2-1-3-11(4-7)8-10-9-6-13-8/h5-7H,1-4H2. The Bertz CT molecular complexity index is 275. The predicted octanol–water partition coefficient (Wildman–Crippen LogP) is 0.953. The van der Waals surface area contributed by atoms with E-state index in [1.165, 1.54) is 11.3 Å². The van der Waals surface area contributed by atoms with Crippen molar-refractivity contribution in [1.82, 2.24) is 10.2 Å². The van der Waals surface area contributed by atoms with Gasteiger partial charge < -0.3 is 9.69 Å². The molecule has 0 amide bonds. The molecule has 5 heteroatoms. The van der Waals surface area contributed by atoms with Gasteiger partial charge in [-0.1, -0.05) is 11.3 Å². The molecule has 2 rings (SSSR count). The van der Waals surface area contributed by atoms with Gasteiger partial charge in [-0.25, -0.2) is 0 Å². The van der Waals surface area contributed by atoms with E-state index in [-0.39, 0.29) is 5.92 Å². The number of carbonyl (C=O) groups excluding carboxylic acids is 1. The Kier molecular flexibility index (Phi) is 2.54. The van der Waals surface area contributed by atoms with Crippen molar-refractivity contribution in [3.8, 4) is 0 Å². The van der Waals surface area contributed by atoms with E-state index in [0.29, 0.717) is 0 Å². The molecule has 1 aliphatic heterocycles. The van der Waals surface area contributed by atoms with Gasteiger partial charge in [0.1, 0.15) is 11.8 Å². The molecule has 1 aromatic rings. The SMILES string of the molecule is O=CC1CCCN(c2nncs2)C1. The summed E-state index contributed by atoms with van der Waals surface area (Å²) in [5, 5.41) is 8.71. The molecule has 1 aromatic heterocycles. The van der Waals surface area contributed by atoms with Gasteiger partial charge in [0.2, 0.25) is 5.13 Å². The summed E-state index contributed by atoms with van der Waals surface area (Å²) in [6, 6.07) is 0. The van der Waals surface area contributed by atoms with Gasteiger partial charge in [-0.2, -0.15) is 0 Å². The monoisotopic (exact) mass is 197 g/mol. The highest BCUT2D eigenvalue weighted by atomic mass is 32.1. The number of anilines is 1. The van der Waals surface area contributed by atoms with Gasteiger partial charge in [0, 0.05) is 19.0 Å². The molecule has 1 aliphatic rings. The highest BCUT2D eigenvalue weighted by Crippen LogP contribution is 2.22. The fourth-order valence-corrected chi connectivity index (χ4v) is 2.20. The third kappa shape index (κ3) is 1.85. The van der Waals surface area contributed by atoms with Crippen LogP contribution in [0.15, 0.2) is 5.51 Å². The molecule has 0 N–H and O–H groups in total. The first-order chi connectivity index (χ1) is 6.40. The lowest BCUT2D eigenvalue weighted by Gasteiger charge is -2.29. The molecule has 13 heavy (non-hydrogen) atoms. The Balaban J connectivity index is 2.04. The lowest BCUT2D eigenvalue weighted by atomic mass is 10.0. The maximum atomic E-state index is 10.6. The van der Waals surface area contributed by atoms with Crippen LogP contribution in [0, 0.1) is 5.92 Å². The van der Waals surface area contributed by atoms with Gasteiger partial charge >= 0.3 is 0 Å². The first-order valence-electron chi connectivity index (χ1n) is 4.36. The Morgan fingerprint density at radius 1 is 1.69 bits per heavy atom. The van der Waals surface area contributed by atoms with Crippen LogP contribution in [-0.4, -0.2) is 29.6 Å². The lowest BCUT2D eigenvalue weighted by molar-refractivity contribution is -0.111. The molecule has 4 nitrogen and oxygen atoms in total. The molecule has 0 radical (unpaired) electrons. The fraction of sp³-hybridized carbons (Fsp3) is 0.625. The van der Waals surface area contributed by atoms with Crippen LogP contribution in [0.2, 0.25) is 0 Å². The van der Waals surface area contributed by atoms with Crippen LogP contribution in [-0.2, 0) is 4.79 Å². The minimum Gasteiger partial charge on any atom is -0.346 e. The van der Waals surface area contributed by atoms with Crippen molar-refractivity contribution in [3.05, 3.63) is 5.51 Å². The highest BCUT2D eigenvalue weighted by molar-refractivity contribution is 7.13. The smallest absolute Gasteiger partial charge is 0.208 e. The van der Waals surface area contributed by atoms with E-state index >= 15 is 0 Å². The maximum Gasteiger partial charge on any atom is 0.208 e. The van der Waals surface area contributed by atoms with Crippen LogP contribution >= 0.6 is 11.3 Å². The van der Waals surface area contributed by atoms with Crippen LogP contribution in [0.5, 0.6) is 0 Å². The number of rotatable bonds is 2. The van der Waals surface area contributed by atoms with Gasteiger partial charge in [0.05, 0.1) is 0 Å². The highest BCUT2D eigenvalue weighted by Gasteiger charge is 2.20. The van der Waals surface area contributed by atoms with Crippen molar-refractivity contribution in [1.29, 1.82) is 0 Å². The molecule has 1 fully saturated rings. The Hall–Kier alpha value is -0.970. The molecule has 1 atom stereocenters. The van der Waals surface area contributed by atoms with Crippen molar-refractivity contribution in [2.75, 3.05) is 18.0 Å². The second kappa shape index (κ2) is 3.83. The van der Waals surface area contributed by atoms with Crippen molar-refractivity contribution in [2.24, 2.45) is 5.92 Å². The van der Waals surface area contributed by atoms with Crippen molar-refractivity contribution < 1.29 is 4.79 Å². The fourth-order valence-electron chi connectivity index (χ4n) is 1.60. The summed E-state index contributed by atoms with van der Waals surface area (Å²) >= 11 is 1.53. The maximum absolute atomic E-state index is 10.6. The summed E-state index contributed by atoms with van der Waals surface area (Å²) in [5.41, 5.74) is 1.72. The number of hydrogen-bond donors (Lipinski definition) is 0. The van der Waals surface area contributed by atoms with Crippen LogP contribution in [0.1, 0.15) is 12.8 Å². The summed E-state index contributed by atoms with van der Waals surface area (Å²) in [5.74, 6) is 0.178. The number of carbonyl (C=O) groups is 1. The molecule has 0 aromatic carbocycles. The zero-order chi connectivity index (χ0) is 9.10. The van der Waals surface area contributed by atoms with E-state index in [1.54, 1.807) is 5.51 Å². The molecular weight excluding hydrogens is 186 g/mol. The molecule has 1 saturated heterocycles. The second-order valence-corrected chi connectivity index (χ2v) is 4.02. The number of aromatic nitrogens is 2. The molecule has 0 bridgehead atoms. The minimum atomic E-state index is 0.178. The summed E-state index contributed by atoms with van der Waals surface area (Å²) in [4.78, 5) is 12.8. The lowest BCUT2D eigenvalue weighted by Crippen LogP contribution is -2.35. The molecule has 1 unspecified atom stereocenters. The van der Waals surface area contributed by atoms with E-state index in [4.69, 9.17) is 0 Å². The normalized spacial score (nSPS) is 23.1. The summed E-state index contributed by atoms with van der Waals surface area (Å²) < 4.78 is 0. The van der Waals surface area contributed by atoms with Crippen molar-refractivity contribution >= 4 is 22.8 Å². The minimum absolute atomic E-state index is 0.178. The molecular formula is C8H11N3OS. The van der Waals surface area contributed by atoms with Gasteiger partial charge in [-0.05, 0) is 12.8 Å². The number of piperidine rings is 1. The van der Waals surface area contributed by atoms with E-state index in [0.717, 1.165) is 37.3 Å².